The zero-order valence-electron chi connectivity index (χ0n) is 14.0. The number of amidine groups is 1. The topological polar surface area (TPSA) is 69.7 Å². The Hall–Kier alpha value is -2.62. The van der Waals surface area contributed by atoms with Crippen molar-refractivity contribution in [1.29, 1.82) is 0 Å². The van der Waals surface area contributed by atoms with E-state index in [2.05, 4.69) is 14.7 Å². The highest BCUT2D eigenvalue weighted by Crippen LogP contribution is 2.42. The normalized spacial score (nSPS) is 22.4. The molecule has 0 fully saturated rings. The highest BCUT2D eigenvalue weighted by molar-refractivity contribution is 6.29. The highest BCUT2D eigenvalue weighted by Gasteiger charge is 2.52. The molecule has 0 spiro atoms. The molecule has 1 aliphatic heterocycles. The first-order valence-electron chi connectivity index (χ1n) is 7.88. The van der Waals surface area contributed by atoms with Gasteiger partial charge < -0.3 is 15.2 Å². The Bertz CT molecular complexity index is 909. The van der Waals surface area contributed by atoms with Crippen molar-refractivity contribution in [3.63, 3.8) is 0 Å². The second-order valence-electron chi connectivity index (χ2n) is 6.01. The molecule has 1 aromatic heterocycles. The molecule has 0 saturated carbocycles. The van der Waals surface area contributed by atoms with Crippen LogP contribution in [-0.2, 0) is 10.3 Å². The number of ether oxygens (including phenoxy) is 2. The van der Waals surface area contributed by atoms with Crippen molar-refractivity contribution in [3.8, 4) is 11.6 Å². The molecule has 0 amide bonds. The largest absolute Gasteiger partial charge is 0.452 e. The van der Waals surface area contributed by atoms with Crippen LogP contribution in [0.5, 0.6) is 11.6 Å². The van der Waals surface area contributed by atoms with E-state index in [1.165, 1.54) is 18.2 Å². The summed E-state index contributed by atoms with van der Waals surface area (Å²) in [5.41, 5.74) is 2.66. The Morgan fingerprint density at radius 1 is 1.29 bits per heavy atom. The lowest BCUT2D eigenvalue weighted by molar-refractivity contribution is -0.209. The maximum atomic E-state index is 14.4. The van der Waals surface area contributed by atoms with E-state index in [0.717, 1.165) is 12.1 Å². The summed E-state index contributed by atoms with van der Waals surface area (Å²) in [4.78, 5) is 7.54. The van der Waals surface area contributed by atoms with Gasteiger partial charge in [0.15, 0.2) is 6.10 Å². The van der Waals surface area contributed by atoms with Crippen LogP contribution in [0, 0.1) is 5.82 Å². The van der Waals surface area contributed by atoms with Crippen molar-refractivity contribution < 1.29 is 31.4 Å². The number of nitrogens with zero attached hydrogens (tertiary/aromatic N) is 2. The molecule has 11 heteroatoms. The number of benzene rings is 1. The second-order valence-corrected chi connectivity index (χ2v) is 6.40. The Morgan fingerprint density at radius 2 is 2.04 bits per heavy atom. The number of pyridine rings is 1. The fourth-order valence-corrected chi connectivity index (χ4v) is 2.93. The molecule has 2 heterocycles. The van der Waals surface area contributed by atoms with Crippen LogP contribution in [0.25, 0.3) is 0 Å². The van der Waals surface area contributed by atoms with Gasteiger partial charge in [-0.25, -0.2) is 18.8 Å². The van der Waals surface area contributed by atoms with Crippen LogP contribution in [0.1, 0.15) is 12.0 Å². The summed E-state index contributed by atoms with van der Waals surface area (Å²) in [5, 5.41) is 0.134. The van der Waals surface area contributed by atoms with Crippen molar-refractivity contribution in [2.24, 2.45) is 10.7 Å². The summed E-state index contributed by atoms with van der Waals surface area (Å²) in [5.74, 6) is -0.909. The molecule has 28 heavy (non-hydrogen) atoms. The van der Waals surface area contributed by atoms with Crippen molar-refractivity contribution in [2.45, 2.75) is 24.2 Å². The molecule has 2 N–H and O–H groups in total. The molecule has 150 valence electrons. The van der Waals surface area contributed by atoms with Crippen molar-refractivity contribution in [2.75, 3.05) is 6.67 Å². The molecular formula is C17H13ClF5N3O2. The molecular weight excluding hydrogens is 409 g/mol. The molecule has 0 bridgehead atoms. The summed E-state index contributed by atoms with van der Waals surface area (Å²) in [7, 11) is 0. The van der Waals surface area contributed by atoms with Crippen LogP contribution in [0.15, 0.2) is 41.4 Å². The summed E-state index contributed by atoms with van der Waals surface area (Å²) in [6, 6.07) is 6.82. The van der Waals surface area contributed by atoms with E-state index < -0.39 is 48.3 Å². The highest BCUT2D eigenvalue weighted by atomic mass is 35.5. The Balaban J connectivity index is 2.01. The molecule has 1 aliphatic rings. The van der Waals surface area contributed by atoms with E-state index in [-0.39, 0.29) is 16.8 Å². The van der Waals surface area contributed by atoms with E-state index in [9.17, 15) is 22.0 Å². The lowest BCUT2D eigenvalue weighted by atomic mass is 9.84. The van der Waals surface area contributed by atoms with E-state index in [0.29, 0.717) is 0 Å². The number of rotatable bonds is 4. The van der Waals surface area contributed by atoms with E-state index in [4.69, 9.17) is 22.1 Å². The number of aliphatic imine (C=N–C) groups is 1. The van der Waals surface area contributed by atoms with Gasteiger partial charge in [0.1, 0.15) is 28.9 Å². The van der Waals surface area contributed by atoms with Crippen LogP contribution in [-0.4, -0.2) is 30.0 Å². The first-order chi connectivity index (χ1) is 13.1. The number of hydrogen-bond donors (Lipinski definition) is 1. The third-order valence-electron chi connectivity index (χ3n) is 4.05. The standard InChI is InChI=1S/C17H13ClF5N3O2/c18-13-2-1-3-14(25-13)27-9-4-5-11(20)10(6-9)16(8-19)7-12(17(21,22)23)28-15(24)26-16/h1-6,12H,7-8H2,(H2,24,26)/t12-,16+/m0/s1. The fraction of sp³-hybridized carbons (Fsp3) is 0.294. The predicted octanol–water partition coefficient (Wildman–Crippen LogP) is 4.50. The number of halogens is 6. The Kier molecular flexibility index (Phi) is 5.33. The van der Waals surface area contributed by atoms with Crippen molar-refractivity contribution in [1.82, 2.24) is 4.98 Å². The number of aromatic nitrogens is 1. The van der Waals surface area contributed by atoms with Crippen LogP contribution in [0.3, 0.4) is 0 Å². The minimum absolute atomic E-state index is 0.00261. The molecule has 0 radical (unpaired) electrons. The fourth-order valence-electron chi connectivity index (χ4n) is 2.78. The van der Waals surface area contributed by atoms with Crippen LogP contribution >= 0.6 is 11.6 Å². The lowest BCUT2D eigenvalue weighted by Gasteiger charge is -2.36. The summed E-state index contributed by atoms with van der Waals surface area (Å²) < 4.78 is 77.6. The predicted molar refractivity (Wildman–Crippen MR) is 90.5 cm³/mol. The van der Waals surface area contributed by atoms with Gasteiger partial charge in [-0.15, -0.1) is 0 Å². The quantitative estimate of drug-likeness (QED) is 0.583. The molecule has 0 unspecified atom stereocenters. The third-order valence-corrected chi connectivity index (χ3v) is 4.26. The van der Waals surface area contributed by atoms with Gasteiger partial charge >= 0.3 is 6.18 Å². The van der Waals surface area contributed by atoms with Crippen LogP contribution in [0.4, 0.5) is 22.0 Å². The van der Waals surface area contributed by atoms with Crippen molar-refractivity contribution >= 4 is 17.6 Å². The molecule has 0 aliphatic carbocycles. The summed E-state index contributed by atoms with van der Waals surface area (Å²) >= 11 is 5.76. The van der Waals surface area contributed by atoms with Gasteiger partial charge in [0, 0.05) is 18.1 Å². The summed E-state index contributed by atoms with van der Waals surface area (Å²) in [6.45, 7) is -1.43. The van der Waals surface area contributed by atoms with Gasteiger partial charge in [0.2, 0.25) is 5.88 Å². The van der Waals surface area contributed by atoms with Gasteiger partial charge in [0.25, 0.3) is 6.02 Å². The lowest BCUT2D eigenvalue weighted by Crippen LogP contribution is -2.48. The van der Waals surface area contributed by atoms with Gasteiger partial charge in [-0.05, 0) is 24.3 Å². The van der Waals surface area contributed by atoms with E-state index >= 15 is 0 Å². The molecule has 5 nitrogen and oxygen atoms in total. The first-order valence-corrected chi connectivity index (χ1v) is 8.26. The zero-order chi connectivity index (χ0) is 20.5. The SMILES string of the molecule is NC1=N[C@](CF)(c2cc(Oc3cccc(Cl)n3)ccc2F)C[C@@H](C(F)(F)F)O1. The Labute approximate surface area is 160 Å². The number of nitrogens with two attached hydrogens (primary N) is 1. The maximum absolute atomic E-state index is 14.4. The number of alkyl halides is 4. The maximum Gasteiger partial charge on any atom is 0.425 e. The summed E-state index contributed by atoms with van der Waals surface area (Å²) in [6.07, 6.45) is -8.25. The molecule has 3 rings (SSSR count). The van der Waals surface area contributed by atoms with Crippen LogP contribution < -0.4 is 10.5 Å². The van der Waals surface area contributed by atoms with Gasteiger partial charge in [-0.3, -0.25) is 0 Å². The van der Waals surface area contributed by atoms with Gasteiger partial charge in [-0.1, -0.05) is 17.7 Å². The monoisotopic (exact) mass is 421 g/mol. The first kappa shape index (κ1) is 20.1. The second kappa shape index (κ2) is 7.42. The minimum Gasteiger partial charge on any atom is -0.452 e. The third kappa shape index (κ3) is 4.11. The Morgan fingerprint density at radius 3 is 2.68 bits per heavy atom. The molecule has 0 saturated heterocycles. The smallest absolute Gasteiger partial charge is 0.425 e. The zero-order valence-corrected chi connectivity index (χ0v) is 14.8. The van der Waals surface area contributed by atoms with Crippen LogP contribution in [0.2, 0.25) is 5.15 Å². The molecule has 1 aromatic carbocycles. The molecule has 2 aromatic rings. The average molecular weight is 422 g/mol. The van der Waals surface area contributed by atoms with E-state index in [1.807, 2.05) is 0 Å². The minimum atomic E-state index is -4.84. The molecule has 2 atom stereocenters. The van der Waals surface area contributed by atoms with Gasteiger partial charge in [-0.2, -0.15) is 13.2 Å². The average Bonchev–Trinajstić information content (AvgIpc) is 2.62. The van der Waals surface area contributed by atoms with E-state index in [1.54, 1.807) is 6.07 Å². The van der Waals surface area contributed by atoms with Gasteiger partial charge in [0.05, 0.1) is 0 Å². The number of hydrogen-bond acceptors (Lipinski definition) is 5. The van der Waals surface area contributed by atoms with Crippen molar-refractivity contribution in [3.05, 3.63) is 52.9 Å².